The monoisotopic (exact) mass is 123 g/mol. The lowest BCUT2D eigenvalue weighted by Gasteiger charge is -2.14. The first-order chi connectivity index (χ1) is 4.47. The Hall–Kier alpha value is -0.300. The molecule has 0 unspecified atom stereocenters. The molecule has 1 saturated heterocycles. The molecule has 0 atom stereocenters. The highest BCUT2D eigenvalue weighted by molar-refractivity contribution is 5.26. The van der Waals surface area contributed by atoms with E-state index >= 15 is 0 Å². The van der Waals surface area contributed by atoms with E-state index in [2.05, 4.69) is 5.32 Å². The Morgan fingerprint density at radius 3 is 1.89 bits per heavy atom. The third-order valence-electron chi connectivity index (χ3n) is 2.21. The third kappa shape index (κ3) is 1.16. The molecule has 1 heterocycles. The van der Waals surface area contributed by atoms with Gasteiger partial charge in [0.2, 0.25) is 0 Å². The number of hydrogen-bond acceptors (Lipinski definition) is 1. The van der Waals surface area contributed by atoms with E-state index in [9.17, 15) is 0 Å². The van der Waals surface area contributed by atoms with Crippen molar-refractivity contribution < 1.29 is 0 Å². The summed E-state index contributed by atoms with van der Waals surface area (Å²) >= 11 is 0. The van der Waals surface area contributed by atoms with Crippen molar-refractivity contribution in [1.82, 2.24) is 5.32 Å². The third-order valence-corrected chi connectivity index (χ3v) is 2.21. The van der Waals surface area contributed by atoms with E-state index in [0.717, 1.165) is 0 Å². The molecule has 9 heavy (non-hydrogen) atoms. The van der Waals surface area contributed by atoms with Crippen LogP contribution in [0.4, 0.5) is 0 Å². The van der Waals surface area contributed by atoms with Crippen molar-refractivity contribution in [2.45, 2.75) is 25.7 Å². The molecule has 1 aliphatic carbocycles. The van der Waals surface area contributed by atoms with Gasteiger partial charge in [-0.25, -0.2) is 0 Å². The molecule has 2 rings (SSSR count). The van der Waals surface area contributed by atoms with Crippen molar-refractivity contribution in [2.24, 2.45) is 0 Å². The lowest BCUT2D eigenvalue weighted by Crippen LogP contribution is -2.23. The highest BCUT2D eigenvalue weighted by Gasteiger charge is 2.18. The van der Waals surface area contributed by atoms with E-state index < -0.39 is 0 Å². The van der Waals surface area contributed by atoms with Gasteiger partial charge in [-0.1, -0.05) is 11.1 Å². The first-order valence-corrected chi connectivity index (χ1v) is 3.87. The van der Waals surface area contributed by atoms with Gasteiger partial charge in [-0.2, -0.15) is 0 Å². The van der Waals surface area contributed by atoms with Gasteiger partial charge in [0.15, 0.2) is 0 Å². The fourth-order valence-electron chi connectivity index (χ4n) is 1.50. The molecular weight excluding hydrogens is 110 g/mol. The predicted molar refractivity (Wildman–Crippen MR) is 38.4 cm³/mol. The number of rotatable bonds is 0. The van der Waals surface area contributed by atoms with Crippen molar-refractivity contribution in [3.05, 3.63) is 11.1 Å². The Kier molecular flexibility index (Phi) is 1.31. The van der Waals surface area contributed by atoms with E-state index in [1.807, 2.05) is 0 Å². The normalized spacial score (nSPS) is 26.7. The molecule has 0 aromatic carbocycles. The van der Waals surface area contributed by atoms with Crippen LogP contribution in [0.15, 0.2) is 11.1 Å². The summed E-state index contributed by atoms with van der Waals surface area (Å²) in [5.74, 6) is 0. The second-order valence-corrected chi connectivity index (χ2v) is 2.96. The predicted octanol–water partition coefficient (Wildman–Crippen LogP) is 1.46. The number of piperidine rings is 1. The quantitative estimate of drug-likeness (QED) is 0.481. The molecule has 50 valence electrons. The highest BCUT2D eigenvalue weighted by Crippen LogP contribution is 2.34. The van der Waals surface area contributed by atoms with Gasteiger partial charge in [0.05, 0.1) is 0 Å². The molecule has 1 heteroatoms. The molecule has 0 aromatic rings. The standard InChI is InChI=1S/C8H13N/c1-2-7(1)8-3-5-9-6-4-8/h9H,1-6H2. The van der Waals surface area contributed by atoms with Gasteiger partial charge in [-0.05, 0) is 38.8 Å². The minimum atomic E-state index is 1.22. The maximum absolute atomic E-state index is 3.36. The van der Waals surface area contributed by atoms with Crippen LogP contribution in [0.2, 0.25) is 0 Å². The minimum absolute atomic E-state index is 1.22. The molecule has 1 saturated carbocycles. The van der Waals surface area contributed by atoms with E-state index in [1.54, 1.807) is 11.1 Å². The summed E-state index contributed by atoms with van der Waals surface area (Å²) in [5, 5.41) is 3.36. The maximum atomic E-state index is 3.36. The average Bonchev–Trinajstić information content (AvgIpc) is 2.71. The summed E-state index contributed by atoms with van der Waals surface area (Å²) in [5.41, 5.74) is 3.55. The second kappa shape index (κ2) is 2.14. The lowest BCUT2D eigenvalue weighted by atomic mass is 10.1. The molecular formula is C8H13N. The molecule has 0 spiro atoms. The highest BCUT2D eigenvalue weighted by atomic mass is 14.9. The van der Waals surface area contributed by atoms with Gasteiger partial charge in [-0.3, -0.25) is 0 Å². The van der Waals surface area contributed by atoms with Gasteiger partial charge in [-0.15, -0.1) is 0 Å². The smallest absolute Gasteiger partial charge is 0.00114 e. The SMILES string of the molecule is C1CC(=C2CC2)CCN1. The summed E-state index contributed by atoms with van der Waals surface area (Å²) in [6, 6.07) is 0. The van der Waals surface area contributed by atoms with Crippen LogP contribution in [0, 0.1) is 0 Å². The van der Waals surface area contributed by atoms with Gasteiger partial charge in [0.25, 0.3) is 0 Å². The summed E-state index contributed by atoms with van der Waals surface area (Å²) in [4.78, 5) is 0. The van der Waals surface area contributed by atoms with Crippen LogP contribution in [0.1, 0.15) is 25.7 Å². The largest absolute Gasteiger partial charge is 0.316 e. The van der Waals surface area contributed by atoms with Crippen molar-refractivity contribution in [3.8, 4) is 0 Å². The van der Waals surface area contributed by atoms with E-state index in [1.165, 1.54) is 38.8 Å². The summed E-state index contributed by atoms with van der Waals surface area (Å²) in [6.45, 7) is 2.44. The maximum Gasteiger partial charge on any atom is -0.00114 e. The first-order valence-electron chi connectivity index (χ1n) is 3.87. The Labute approximate surface area is 56.1 Å². The van der Waals surface area contributed by atoms with Crippen molar-refractivity contribution in [2.75, 3.05) is 13.1 Å². The fourth-order valence-corrected chi connectivity index (χ4v) is 1.50. The zero-order valence-electron chi connectivity index (χ0n) is 5.74. The molecule has 1 aliphatic heterocycles. The average molecular weight is 123 g/mol. The van der Waals surface area contributed by atoms with E-state index in [0.29, 0.717) is 0 Å². The van der Waals surface area contributed by atoms with E-state index in [-0.39, 0.29) is 0 Å². The molecule has 0 bridgehead atoms. The van der Waals surface area contributed by atoms with Crippen LogP contribution in [0.5, 0.6) is 0 Å². The van der Waals surface area contributed by atoms with Crippen LogP contribution >= 0.6 is 0 Å². The molecule has 0 aromatic heterocycles. The van der Waals surface area contributed by atoms with Crippen molar-refractivity contribution in [1.29, 1.82) is 0 Å². The molecule has 1 nitrogen and oxygen atoms in total. The zero-order valence-corrected chi connectivity index (χ0v) is 5.74. The Morgan fingerprint density at radius 2 is 1.33 bits per heavy atom. The first kappa shape index (κ1) is 5.48. The Morgan fingerprint density at radius 1 is 0.778 bits per heavy atom. The van der Waals surface area contributed by atoms with Gasteiger partial charge >= 0.3 is 0 Å². The van der Waals surface area contributed by atoms with Crippen LogP contribution < -0.4 is 5.32 Å². The molecule has 0 amide bonds. The lowest BCUT2D eigenvalue weighted by molar-refractivity contribution is 0.608. The second-order valence-electron chi connectivity index (χ2n) is 2.96. The number of nitrogens with one attached hydrogen (secondary N) is 1. The Balaban J connectivity index is 2.02. The van der Waals surface area contributed by atoms with Crippen molar-refractivity contribution >= 4 is 0 Å². The summed E-state index contributed by atoms with van der Waals surface area (Å²) < 4.78 is 0. The van der Waals surface area contributed by atoms with Crippen LogP contribution in [-0.2, 0) is 0 Å². The summed E-state index contributed by atoms with van der Waals surface area (Å²) in [6.07, 6.45) is 5.48. The topological polar surface area (TPSA) is 12.0 Å². The molecule has 1 N–H and O–H groups in total. The van der Waals surface area contributed by atoms with Gasteiger partial charge in [0.1, 0.15) is 0 Å². The molecule has 2 aliphatic rings. The van der Waals surface area contributed by atoms with Crippen LogP contribution in [-0.4, -0.2) is 13.1 Å². The van der Waals surface area contributed by atoms with Crippen LogP contribution in [0.3, 0.4) is 0 Å². The molecule has 0 radical (unpaired) electrons. The number of allylic oxidation sites excluding steroid dienone is 1. The van der Waals surface area contributed by atoms with Crippen molar-refractivity contribution in [3.63, 3.8) is 0 Å². The Bertz CT molecular complexity index is 133. The minimum Gasteiger partial charge on any atom is -0.316 e. The molecule has 2 fully saturated rings. The van der Waals surface area contributed by atoms with Gasteiger partial charge < -0.3 is 5.32 Å². The van der Waals surface area contributed by atoms with E-state index in [4.69, 9.17) is 0 Å². The van der Waals surface area contributed by atoms with Crippen LogP contribution in [0.25, 0.3) is 0 Å². The zero-order chi connectivity index (χ0) is 6.10. The fraction of sp³-hybridized carbons (Fsp3) is 0.750. The number of hydrogen-bond donors (Lipinski definition) is 1. The van der Waals surface area contributed by atoms with Gasteiger partial charge in [0, 0.05) is 0 Å². The summed E-state index contributed by atoms with van der Waals surface area (Å²) in [7, 11) is 0.